The summed E-state index contributed by atoms with van der Waals surface area (Å²) in [6, 6.07) is 2.13. The van der Waals surface area contributed by atoms with Gasteiger partial charge in [0.05, 0.1) is 18.2 Å². The summed E-state index contributed by atoms with van der Waals surface area (Å²) in [7, 11) is 2.01. The van der Waals surface area contributed by atoms with Crippen LogP contribution in [0.25, 0.3) is 0 Å². The minimum absolute atomic E-state index is 0.420. The first-order valence-electron chi connectivity index (χ1n) is 4.58. The van der Waals surface area contributed by atoms with Crippen LogP contribution in [0, 0.1) is 18.3 Å². The Balaban J connectivity index is 2.99. The number of aromatic nitrogens is 2. The molecular weight excluding hydrogens is 162 g/mol. The summed E-state index contributed by atoms with van der Waals surface area (Å²) in [5.74, 6) is 1.09. The van der Waals surface area contributed by atoms with Crippen LogP contribution in [0.3, 0.4) is 0 Å². The minimum atomic E-state index is 0.420. The number of nitrogens with zero attached hydrogens (tertiary/aromatic N) is 3. The van der Waals surface area contributed by atoms with E-state index in [0.717, 1.165) is 30.1 Å². The van der Waals surface area contributed by atoms with Crippen LogP contribution >= 0.6 is 0 Å². The Bertz CT molecular complexity index is 331. The van der Waals surface area contributed by atoms with E-state index < -0.39 is 0 Å². The van der Waals surface area contributed by atoms with Crippen LogP contribution in [0.5, 0.6) is 0 Å². The van der Waals surface area contributed by atoms with Crippen molar-refractivity contribution in [2.45, 2.75) is 33.1 Å². The Labute approximate surface area is 79.0 Å². The molecule has 0 saturated heterocycles. The van der Waals surface area contributed by atoms with Gasteiger partial charge < -0.3 is 4.57 Å². The number of imidazole rings is 1. The maximum Gasteiger partial charge on any atom is 0.108 e. The van der Waals surface area contributed by atoms with E-state index in [0.29, 0.717) is 6.42 Å². The van der Waals surface area contributed by atoms with E-state index in [2.05, 4.69) is 22.5 Å². The molecule has 1 heterocycles. The molecule has 0 fully saturated rings. The lowest BCUT2D eigenvalue weighted by Gasteiger charge is -1.99. The SMILES string of the molecule is CCCc1nc(CC#N)c(C)n1C. The van der Waals surface area contributed by atoms with Gasteiger partial charge in [0.25, 0.3) is 0 Å². The molecule has 0 saturated carbocycles. The number of hydrogen-bond donors (Lipinski definition) is 0. The van der Waals surface area contributed by atoms with Gasteiger partial charge in [-0.15, -0.1) is 0 Å². The molecule has 0 atom stereocenters. The third-order valence-corrected chi connectivity index (χ3v) is 2.29. The zero-order valence-electron chi connectivity index (χ0n) is 8.46. The van der Waals surface area contributed by atoms with E-state index in [1.54, 1.807) is 0 Å². The largest absolute Gasteiger partial charge is 0.335 e. The van der Waals surface area contributed by atoms with Crippen LogP contribution in [0.1, 0.15) is 30.6 Å². The summed E-state index contributed by atoms with van der Waals surface area (Å²) < 4.78 is 2.08. The summed E-state index contributed by atoms with van der Waals surface area (Å²) in [6.07, 6.45) is 2.50. The van der Waals surface area contributed by atoms with Crippen LogP contribution in [0.15, 0.2) is 0 Å². The average molecular weight is 177 g/mol. The number of hydrogen-bond acceptors (Lipinski definition) is 2. The van der Waals surface area contributed by atoms with Gasteiger partial charge in [-0.2, -0.15) is 5.26 Å². The van der Waals surface area contributed by atoms with E-state index >= 15 is 0 Å². The molecule has 0 aromatic carbocycles. The van der Waals surface area contributed by atoms with E-state index in [1.165, 1.54) is 0 Å². The molecule has 3 heteroatoms. The van der Waals surface area contributed by atoms with Gasteiger partial charge in [-0.05, 0) is 13.3 Å². The van der Waals surface area contributed by atoms with Crippen LogP contribution in [-0.2, 0) is 19.9 Å². The van der Waals surface area contributed by atoms with Gasteiger partial charge in [-0.3, -0.25) is 0 Å². The van der Waals surface area contributed by atoms with Crippen molar-refractivity contribution in [2.24, 2.45) is 7.05 Å². The average Bonchev–Trinajstić information content (AvgIpc) is 2.36. The third-order valence-electron chi connectivity index (χ3n) is 2.29. The second-order valence-corrected chi connectivity index (χ2v) is 3.20. The molecule has 0 unspecified atom stereocenters. The molecule has 0 bridgehead atoms. The maximum atomic E-state index is 8.57. The summed E-state index contributed by atoms with van der Waals surface area (Å²) in [5.41, 5.74) is 2.04. The first-order chi connectivity index (χ1) is 6.20. The minimum Gasteiger partial charge on any atom is -0.335 e. The molecule has 1 aromatic heterocycles. The lowest BCUT2D eigenvalue weighted by Crippen LogP contribution is -1.98. The lowest BCUT2D eigenvalue weighted by molar-refractivity contribution is 0.745. The molecule has 0 amide bonds. The van der Waals surface area contributed by atoms with Gasteiger partial charge in [-0.1, -0.05) is 6.92 Å². The highest BCUT2D eigenvalue weighted by atomic mass is 15.1. The summed E-state index contributed by atoms with van der Waals surface area (Å²) >= 11 is 0. The standard InChI is InChI=1S/C10H15N3/c1-4-5-10-12-9(6-7-11)8(2)13(10)3/h4-6H2,1-3H3. The predicted octanol–water partition coefficient (Wildman–Crippen LogP) is 1.75. The van der Waals surface area contributed by atoms with Crippen LogP contribution in [-0.4, -0.2) is 9.55 Å². The van der Waals surface area contributed by atoms with Gasteiger partial charge in [0.1, 0.15) is 5.82 Å². The highest BCUT2D eigenvalue weighted by molar-refractivity contribution is 5.18. The maximum absolute atomic E-state index is 8.57. The first kappa shape index (κ1) is 9.79. The van der Waals surface area contributed by atoms with Crippen molar-refractivity contribution in [3.05, 3.63) is 17.2 Å². The Hall–Kier alpha value is -1.30. The van der Waals surface area contributed by atoms with Crippen LogP contribution in [0.4, 0.5) is 0 Å². The Morgan fingerprint density at radius 2 is 2.23 bits per heavy atom. The predicted molar refractivity (Wildman–Crippen MR) is 51.3 cm³/mol. The van der Waals surface area contributed by atoms with Gasteiger partial charge in [0.15, 0.2) is 0 Å². The summed E-state index contributed by atoms with van der Waals surface area (Å²) in [6.45, 7) is 4.15. The Morgan fingerprint density at radius 1 is 1.54 bits per heavy atom. The molecule has 0 radical (unpaired) electrons. The highest BCUT2D eigenvalue weighted by Gasteiger charge is 2.09. The quantitative estimate of drug-likeness (QED) is 0.705. The fourth-order valence-corrected chi connectivity index (χ4v) is 1.39. The second kappa shape index (κ2) is 4.08. The van der Waals surface area contributed by atoms with E-state index in [1.807, 2.05) is 14.0 Å². The molecule has 1 aromatic rings. The monoisotopic (exact) mass is 177 g/mol. The molecule has 0 aliphatic carbocycles. The van der Waals surface area contributed by atoms with Crippen molar-refractivity contribution in [2.75, 3.05) is 0 Å². The Kier molecular flexibility index (Phi) is 3.07. The fourth-order valence-electron chi connectivity index (χ4n) is 1.39. The van der Waals surface area contributed by atoms with Crippen LogP contribution < -0.4 is 0 Å². The topological polar surface area (TPSA) is 41.6 Å². The molecule has 0 aliphatic rings. The van der Waals surface area contributed by atoms with Crippen molar-refractivity contribution < 1.29 is 0 Å². The van der Waals surface area contributed by atoms with Gasteiger partial charge >= 0.3 is 0 Å². The van der Waals surface area contributed by atoms with Gasteiger partial charge in [0.2, 0.25) is 0 Å². The van der Waals surface area contributed by atoms with Crippen molar-refractivity contribution in [1.82, 2.24) is 9.55 Å². The summed E-state index contributed by atoms with van der Waals surface area (Å²) in [4.78, 5) is 4.43. The third kappa shape index (κ3) is 1.89. The molecule has 13 heavy (non-hydrogen) atoms. The number of nitriles is 1. The molecule has 0 aliphatic heterocycles. The second-order valence-electron chi connectivity index (χ2n) is 3.20. The Morgan fingerprint density at radius 3 is 2.77 bits per heavy atom. The molecule has 3 nitrogen and oxygen atoms in total. The van der Waals surface area contributed by atoms with Crippen LogP contribution in [0.2, 0.25) is 0 Å². The zero-order chi connectivity index (χ0) is 9.84. The zero-order valence-corrected chi connectivity index (χ0v) is 8.46. The van der Waals surface area contributed by atoms with E-state index in [4.69, 9.17) is 5.26 Å². The van der Waals surface area contributed by atoms with Crippen molar-refractivity contribution in [1.29, 1.82) is 5.26 Å². The van der Waals surface area contributed by atoms with E-state index in [9.17, 15) is 0 Å². The molecule has 0 N–H and O–H groups in total. The van der Waals surface area contributed by atoms with E-state index in [-0.39, 0.29) is 0 Å². The van der Waals surface area contributed by atoms with Gasteiger partial charge in [-0.25, -0.2) is 4.98 Å². The molecule has 1 rings (SSSR count). The fraction of sp³-hybridized carbons (Fsp3) is 0.600. The normalized spacial score (nSPS) is 10.0. The summed E-state index contributed by atoms with van der Waals surface area (Å²) in [5, 5.41) is 8.57. The first-order valence-corrected chi connectivity index (χ1v) is 4.58. The molecule has 0 spiro atoms. The van der Waals surface area contributed by atoms with Crippen molar-refractivity contribution in [3.8, 4) is 6.07 Å². The lowest BCUT2D eigenvalue weighted by atomic mass is 10.3. The number of rotatable bonds is 3. The highest BCUT2D eigenvalue weighted by Crippen LogP contribution is 2.10. The molecular formula is C10H15N3. The smallest absolute Gasteiger partial charge is 0.108 e. The van der Waals surface area contributed by atoms with Crippen molar-refractivity contribution in [3.63, 3.8) is 0 Å². The van der Waals surface area contributed by atoms with Crippen molar-refractivity contribution >= 4 is 0 Å². The number of aryl methyl sites for hydroxylation is 1. The van der Waals surface area contributed by atoms with Gasteiger partial charge in [0, 0.05) is 19.2 Å². The molecule has 70 valence electrons.